The van der Waals surface area contributed by atoms with Crippen molar-refractivity contribution in [3.05, 3.63) is 119 Å². The first-order chi connectivity index (χ1) is 26.1. The van der Waals surface area contributed by atoms with Gasteiger partial charge in [-0.25, -0.2) is 0 Å². The van der Waals surface area contributed by atoms with E-state index in [0.29, 0.717) is 18.1 Å². The van der Waals surface area contributed by atoms with Gasteiger partial charge in [0.2, 0.25) is 0 Å². The zero-order chi connectivity index (χ0) is 38.4. The fourth-order valence-corrected chi connectivity index (χ4v) is 7.77. The Labute approximate surface area is 321 Å². The molecule has 2 fully saturated rings. The molecule has 0 radical (unpaired) electrons. The van der Waals surface area contributed by atoms with Crippen molar-refractivity contribution in [3.63, 3.8) is 0 Å². The van der Waals surface area contributed by atoms with E-state index in [2.05, 4.69) is 55.5 Å². The van der Waals surface area contributed by atoms with Crippen LogP contribution in [-0.4, -0.2) is 45.7 Å². The van der Waals surface area contributed by atoms with Gasteiger partial charge in [-0.05, 0) is 116 Å². The second-order valence-corrected chi connectivity index (χ2v) is 14.4. The number of carbonyl (C=O) groups is 2. The van der Waals surface area contributed by atoms with Crippen molar-refractivity contribution in [2.75, 3.05) is 27.4 Å². The van der Waals surface area contributed by atoms with Gasteiger partial charge in [0.05, 0.1) is 14.2 Å². The van der Waals surface area contributed by atoms with E-state index in [0.717, 1.165) is 56.6 Å². The number of ether oxygens (including phenoxy) is 6. The van der Waals surface area contributed by atoms with E-state index >= 15 is 0 Å². The third-order valence-electron chi connectivity index (χ3n) is 10.8. The summed E-state index contributed by atoms with van der Waals surface area (Å²) in [6.45, 7) is 6.64. The predicted octanol–water partition coefficient (Wildman–Crippen LogP) is 10.1. The second-order valence-electron chi connectivity index (χ2n) is 14.4. The van der Waals surface area contributed by atoms with Crippen LogP contribution in [-0.2, 0) is 29.9 Å². The molecule has 1 aliphatic carbocycles. The average molecular weight is 737 g/mol. The van der Waals surface area contributed by atoms with Crippen molar-refractivity contribution in [2.45, 2.75) is 102 Å². The molecule has 4 aromatic rings. The lowest BCUT2D eigenvalue weighted by Crippen LogP contribution is -2.30. The monoisotopic (exact) mass is 736 g/mol. The lowest BCUT2D eigenvalue weighted by atomic mass is 9.65. The molecule has 2 aliphatic rings. The number of hydrogen-bond acceptors (Lipinski definition) is 8. The maximum atomic E-state index is 11.1. The summed E-state index contributed by atoms with van der Waals surface area (Å²) in [4.78, 5) is 22.3. The lowest BCUT2D eigenvalue weighted by molar-refractivity contribution is -0.163. The molecule has 288 valence electrons. The summed E-state index contributed by atoms with van der Waals surface area (Å²) >= 11 is 0. The van der Waals surface area contributed by atoms with Gasteiger partial charge in [0.15, 0.2) is 6.29 Å². The molecule has 1 aliphatic heterocycles. The number of hydrogen-bond donors (Lipinski definition) is 0. The molecule has 8 nitrogen and oxygen atoms in total. The van der Waals surface area contributed by atoms with Gasteiger partial charge in [0, 0.05) is 37.9 Å². The Balaban J connectivity index is 0.000000208. The first-order valence-corrected chi connectivity index (χ1v) is 19.3. The standard InChI is InChI=1S/C24H32O4.C22H24O4/c1-24(19-8-12-21(25-2)13-9-19,20-10-14-22(26-3)15-11-20)16-6-18-28-23-7-4-5-17-27-23;1-16(23)25-20-10-6-18(7-11-20)22(14-4-3-5-15-22)19-8-12-21(13-9-19)26-17(2)24/h8-15,23H,4-7,16-18H2,1-3H3;6-13H,3-5,14-15H2,1-2H3. The van der Waals surface area contributed by atoms with Gasteiger partial charge < -0.3 is 28.4 Å². The van der Waals surface area contributed by atoms with Crippen molar-refractivity contribution >= 4 is 11.9 Å². The molecule has 0 spiro atoms. The smallest absolute Gasteiger partial charge is 0.308 e. The van der Waals surface area contributed by atoms with Gasteiger partial charge in [-0.2, -0.15) is 0 Å². The van der Waals surface area contributed by atoms with Crippen molar-refractivity contribution < 1.29 is 38.0 Å². The topological polar surface area (TPSA) is 89.5 Å². The van der Waals surface area contributed by atoms with Crippen LogP contribution in [0.3, 0.4) is 0 Å². The highest BCUT2D eigenvalue weighted by atomic mass is 16.7. The Bertz CT molecular complexity index is 1630. The molecule has 1 atom stereocenters. The molecule has 6 rings (SSSR count). The van der Waals surface area contributed by atoms with Gasteiger partial charge in [-0.3, -0.25) is 9.59 Å². The maximum Gasteiger partial charge on any atom is 0.308 e. The molecule has 54 heavy (non-hydrogen) atoms. The summed E-state index contributed by atoms with van der Waals surface area (Å²) < 4.78 is 32.6. The minimum absolute atomic E-state index is 0.0259. The normalized spacial score (nSPS) is 16.6. The second kappa shape index (κ2) is 19.6. The van der Waals surface area contributed by atoms with Gasteiger partial charge in [0.25, 0.3) is 0 Å². The molecule has 1 saturated heterocycles. The molecule has 0 bridgehead atoms. The van der Waals surface area contributed by atoms with E-state index in [4.69, 9.17) is 28.4 Å². The Morgan fingerprint density at radius 2 is 1.11 bits per heavy atom. The maximum absolute atomic E-state index is 11.1. The Kier molecular flexibility index (Phi) is 14.7. The molecule has 1 unspecified atom stereocenters. The lowest BCUT2D eigenvalue weighted by Gasteiger charge is -2.38. The molecule has 8 heteroatoms. The highest BCUT2D eigenvalue weighted by Crippen LogP contribution is 2.45. The first-order valence-electron chi connectivity index (χ1n) is 19.3. The zero-order valence-electron chi connectivity index (χ0n) is 32.6. The van der Waals surface area contributed by atoms with Gasteiger partial charge in [0.1, 0.15) is 23.0 Å². The van der Waals surface area contributed by atoms with E-state index < -0.39 is 0 Å². The molecular weight excluding hydrogens is 680 g/mol. The van der Waals surface area contributed by atoms with Crippen LogP contribution in [0.15, 0.2) is 97.1 Å². The summed E-state index contributed by atoms with van der Waals surface area (Å²) in [7, 11) is 3.39. The molecule has 1 heterocycles. The van der Waals surface area contributed by atoms with Crippen LogP contribution in [0.1, 0.15) is 107 Å². The number of esters is 2. The van der Waals surface area contributed by atoms with Crippen molar-refractivity contribution in [1.29, 1.82) is 0 Å². The van der Waals surface area contributed by atoms with Gasteiger partial charge >= 0.3 is 11.9 Å². The Morgan fingerprint density at radius 1 is 0.648 bits per heavy atom. The van der Waals surface area contributed by atoms with E-state index in [9.17, 15) is 9.59 Å². The van der Waals surface area contributed by atoms with Crippen molar-refractivity contribution in [2.24, 2.45) is 0 Å². The van der Waals surface area contributed by atoms with Gasteiger partial charge in [-0.15, -0.1) is 0 Å². The molecule has 0 amide bonds. The van der Waals surface area contributed by atoms with Crippen LogP contribution in [0.2, 0.25) is 0 Å². The molecule has 0 N–H and O–H groups in total. The van der Waals surface area contributed by atoms with Crippen LogP contribution in [0.4, 0.5) is 0 Å². The Hall–Kier alpha value is -4.66. The Morgan fingerprint density at radius 3 is 1.52 bits per heavy atom. The summed E-state index contributed by atoms with van der Waals surface area (Å²) in [5, 5.41) is 0. The average Bonchev–Trinajstić information content (AvgIpc) is 3.20. The summed E-state index contributed by atoms with van der Waals surface area (Å²) in [5.41, 5.74) is 4.83. The molecular formula is C46H56O8. The van der Waals surface area contributed by atoms with Gasteiger partial charge in [-0.1, -0.05) is 74.7 Å². The third-order valence-corrected chi connectivity index (χ3v) is 10.8. The first kappa shape index (κ1) is 40.5. The summed E-state index contributed by atoms with van der Waals surface area (Å²) in [6, 6.07) is 32.5. The SMILES string of the molecule is CC(=O)Oc1ccc(C2(c3ccc(OC(C)=O)cc3)CCCCC2)cc1.COc1ccc(C(C)(CCCOC2CCCCO2)c2ccc(OC)cc2)cc1. The quantitative estimate of drug-likeness (QED) is 0.0762. The minimum atomic E-state index is -0.314. The summed E-state index contributed by atoms with van der Waals surface area (Å²) in [5.74, 6) is 2.25. The molecule has 0 aromatic heterocycles. The number of benzene rings is 4. The van der Waals surface area contributed by atoms with Crippen LogP contribution in [0.25, 0.3) is 0 Å². The van der Waals surface area contributed by atoms with E-state index in [-0.39, 0.29) is 29.1 Å². The zero-order valence-corrected chi connectivity index (χ0v) is 32.6. The van der Waals surface area contributed by atoms with Crippen LogP contribution in [0, 0.1) is 0 Å². The van der Waals surface area contributed by atoms with Crippen LogP contribution < -0.4 is 18.9 Å². The van der Waals surface area contributed by atoms with Crippen LogP contribution in [0.5, 0.6) is 23.0 Å². The van der Waals surface area contributed by atoms with E-state index in [1.807, 2.05) is 48.5 Å². The van der Waals surface area contributed by atoms with Crippen LogP contribution >= 0.6 is 0 Å². The number of methoxy groups -OCH3 is 2. The fourth-order valence-electron chi connectivity index (χ4n) is 7.77. The van der Waals surface area contributed by atoms with Crippen molar-refractivity contribution in [3.8, 4) is 23.0 Å². The highest BCUT2D eigenvalue weighted by Gasteiger charge is 2.36. The van der Waals surface area contributed by atoms with Crippen molar-refractivity contribution in [1.82, 2.24) is 0 Å². The third kappa shape index (κ3) is 10.7. The van der Waals surface area contributed by atoms with E-state index in [1.54, 1.807) is 14.2 Å². The fraction of sp³-hybridized carbons (Fsp3) is 0.435. The summed E-state index contributed by atoms with van der Waals surface area (Å²) in [6.07, 6.45) is 11.0. The number of carbonyl (C=O) groups excluding carboxylic acids is 2. The predicted molar refractivity (Wildman–Crippen MR) is 211 cm³/mol. The minimum Gasteiger partial charge on any atom is -0.497 e. The largest absolute Gasteiger partial charge is 0.497 e. The number of rotatable bonds is 13. The van der Waals surface area contributed by atoms with E-state index in [1.165, 1.54) is 61.8 Å². The highest BCUT2D eigenvalue weighted by molar-refractivity contribution is 5.69. The molecule has 1 saturated carbocycles. The molecule has 4 aromatic carbocycles.